The highest BCUT2D eigenvalue weighted by Crippen LogP contribution is 2.16. The number of hydrogen-bond acceptors (Lipinski definition) is 2. The summed E-state index contributed by atoms with van der Waals surface area (Å²) in [5, 5.41) is 0. The second-order valence-corrected chi connectivity index (χ2v) is 2.22. The molecule has 0 saturated carbocycles. The fourth-order valence-electron chi connectivity index (χ4n) is 0.620. The van der Waals surface area contributed by atoms with Crippen LogP contribution in [0.4, 0.5) is 17.6 Å². The fraction of sp³-hybridized carbons (Fsp3) is 0.286. The van der Waals surface area contributed by atoms with Crippen LogP contribution in [0.1, 0.15) is 0 Å². The number of alkyl halides is 3. The second kappa shape index (κ2) is 3.59. The quantitative estimate of drug-likeness (QED) is 0.674. The van der Waals surface area contributed by atoms with E-state index in [2.05, 4.69) is 9.72 Å². The Morgan fingerprint density at radius 3 is 2.62 bits per heavy atom. The van der Waals surface area contributed by atoms with Crippen molar-refractivity contribution in [3.8, 4) is 5.88 Å². The maximum atomic E-state index is 12.4. The largest absolute Gasteiger partial charge is 0.468 e. The summed E-state index contributed by atoms with van der Waals surface area (Å²) in [4.78, 5) is 3.38. The highest BCUT2D eigenvalue weighted by molar-refractivity contribution is 5.11. The van der Waals surface area contributed by atoms with Gasteiger partial charge in [0.15, 0.2) is 6.61 Å². The Hall–Kier alpha value is -1.33. The highest BCUT2D eigenvalue weighted by atomic mass is 19.4. The van der Waals surface area contributed by atoms with Crippen LogP contribution in [0.15, 0.2) is 18.3 Å². The van der Waals surface area contributed by atoms with Crippen molar-refractivity contribution >= 4 is 0 Å². The highest BCUT2D eigenvalue weighted by Gasteiger charge is 2.28. The van der Waals surface area contributed by atoms with Crippen LogP contribution in [0.25, 0.3) is 0 Å². The predicted molar refractivity (Wildman–Crippen MR) is 35.7 cm³/mol. The molecule has 1 rings (SSSR count). The van der Waals surface area contributed by atoms with Crippen molar-refractivity contribution in [2.24, 2.45) is 0 Å². The molecule has 0 N–H and O–H groups in total. The van der Waals surface area contributed by atoms with Crippen molar-refractivity contribution < 1.29 is 22.3 Å². The maximum Gasteiger partial charge on any atom is 0.422 e. The van der Waals surface area contributed by atoms with Gasteiger partial charge >= 0.3 is 6.18 Å². The summed E-state index contributed by atoms with van der Waals surface area (Å²) >= 11 is 0. The third-order valence-corrected chi connectivity index (χ3v) is 1.08. The van der Waals surface area contributed by atoms with Crippen LogP contribution in [0.3, 0.4) is 0 Å². The van der Waals surface area contributed by atoms with E-state index in [1.807, 2.05) is 0 Å². The molecule has 0 radical (unpaired) electrons. The number of aromatic nitrogens is 1. The molecule has 0 aliphatic rings. The molecule has 1 aromatic heterocycles. The zero-order chi connectivity index (χ0) is 9.90. The smallest absolute Gasteiger partial charge is 0.422 e. The lowest BCUT2D eigenvalue weighted by atomic mass is 10.5. The van der Waals surface area contributed by atoms with E-state index < -0.39 is 18.6 Å². The van der Waals surface area contributed by atoms with E-state index in [9.17, 15) is 17.6 Å². The Morgan fingerprint density at radius 2 is 2.08 bits per heavy atom. The molecular weight excluding hydrogens is 190 g/mol. The van der Waals surface area contributed by atoms with Gasteiger partial charge in [-0.05, 0) is 6.07 Å². The third kappa shape index (κ3) is 3.73. The molecule has 0 aliphatic carbocycles. The monoisotopic (exact) mass is 195 g/mol. The predicted octanol–water partition coefficient (Wildman–Crippen LogP) is 2.16. The molecule has 0 fully saturated rings. The molecule has 0 bridgehead atoms. The summed E-state index contributed by atoms with van der Waals surface area (Å²) in [5.41, 5.74) is 0. The Labute approximate surface area is 71.2 Å². The first kappa shape index (κ1) is 9.76. The van der Waals surface area contributed by atoms with Gasteiger partial charge in [0.1, 0.15) is 5.82 Å². The van der Waals surface area contributed by atoms with Crippen molar-refractivity contribution in [2.75, 3.05) is 6.61 Å². The van der Waals surface area contributed by atoms with Crippen LogP contribution in [0.2, 0.25) is 0 Å². The average Bonchev–Trinajstić information content (AvgIpc) is 2.00. The Kier molecular flexibility index (Phi) is 2.69. The van der Waals surface area contributed by atoms with Crippen LogP contribution in [-0.2, 0) is 0 Å². The number of ether oxygens (including phenoxy) is 1. The number of hydrogen-bond donors (Lipinski definition) is 0. The molecule has 72 valence electrons. The van der Waals surface area contributed by atoms with E-state index >= 15 is 0 Å². The van der Waals surface area contributed by atoms with E-state index in [1.54, 1.807) is 0 Å². The topological polar surface area (TPSA) is 22.1 Å². The number of rotatable bonds is 2. The van der Waals surface area contributed by atoms with E-state index in [4.69, 9.17) is 0 Å². The summed E-state index contributed by atoms with van der Waals surface area (Å²) in [7, 11) is 0. The Bertz CT molecular complexity index is 286. The summed E-state index contributed by atoms with van der Waals surface area (Å²) in [6.45, 7) is -1.47. The summed E-state index contributed by atoms with van der Waals surface area (Å²) < 4.78 is 51.3. The van der Waals surface area contributed by atoms with Crippen molar-refractivity contribution in [3.05, 3.63) is 24.1 Å². The zero-order valence-corrected chi connectivity index (χ0v) is 6.31. The number of pyridine rings is 1. The van der Waals surface area contributed by atoms with Gasteiger partial charge in [0, 0.05) is 12.3 Å². The first-order chi connectivity index (χ1) is 5.97. The third-order valence-electron chi connectivity index (χ3n) is 1.08. The minimum atomic E-state index is -4.44. The van der Waals surface area contributed by atoms with Gasteiger partial charge < -0.3 is 4.74 Å². The Balaban J connectivity index is 2.55. The molecule has 1 heterocycles. The van der Waals surface area contributed by atoms with Crippen LogP contribution < -0.4 is 4.74 Å². The lowest BCUT2D eigenvalue weighted by Gasteiger charge is -2.07. The normalized spacial score (nSPS) is 11.4. The minimum Gasteiger partial charge on any atom is -0.468 e. The summed E-state index contributed by atoms with van der Waals surface area (Å²) in [6, 6.07) is 1.80. The summed E-state index contributed by atoms with van der Waals surface area (Å²) in [6.07, 6.45) is -3.41. The molecule has 0 aliphatic heterocycles. The van der Waals surface area contributed by atoms with E-state index in [0.29, 0.717) is 0 Å². The average molecular weight is 195 g/mol. The molecule has 0 amide bonds. The molecule has 0 spiro atoms. The van der Waals surface area contributed by atoms with Crippen LogP contribution in [-0.4, -0.2) is 17.8 Å². The van der Waals surface area contributed by atoms with E-state index in [0.717, 1.165) is 18.3 Å². The summed E-state index contributed by atoms with van der Waals surface area (Å²) in [5.74, 6) is -1.07. The second-order valence-electron chi connectivity index (χ2n) is 2.22. The standard InChI is InChI=1S/C7H5F4NO/c8-5-1-2-12-6(3-5)13-4-7(9,10)11/h1-3H,4H2. The van der Waals surface area contributed by atoms with Gasteiger partial charge in [-0.2, -0.15) is 13.2 Å². The van der Waals surface area contributed by atoms with Gasteiger partial charge in [-0.3, -0.25) is 0 Å². The van der Waals surface area contributed by atoms with Gasteiger partial charge in [-0.15, -0.1) is 0 Å². The number of halogens is 4. The van der Waals surface area contributed by atoms with E-state index in [1.165, 1.54) is 0 Å². The molecule has 0 atom stereocenters. The lowest BCUT2D eigenvalue weighted by Crippen LogP contribution is -2.19. The molecular formula is C7H5F4NO. The fourth-order valence-corrected chi connectivity index (χ4v) is 0.620. The molecule has 6 heteroatoms. The van der Waals surface area contributed by atoms with Gasteiger partial charge in [0.2, 0.25) is 5.88 Å². The molecule has 0 unspecified atom stereocenters. The Morgan fingerprint density at radius 1 is 1.38 bits per heavy atom. The minimum absolute atomic E-state index is 0.377. The lowest BCUT2D eigenvalue weighted by molar-refractivity contribution is -0.154. The number of nitrogens with zero attached hydrogens (tertiary/aromatic N) is 1. The van der Waals surface area contributed by atoms with E-state index in [-0.39, 0.29) is 5.88 Å². The van der Waals surface area contributed by atoms with Gasteiger partial charge in [-0.25, -0.2) is 9.37 Å². The first-order valence-corrected chi connectivity index (χ1v) is 3.28. The first-order valence-electron chi connectivity index (χ1n) is 3.28. The SMILES string of the molecule is Fc1ccnc(OCC(F)(F)F)c1. The van der Waals surface area contributed by atoms with Crippen LogP contribution in [0, 0.1) is 5.82 Å². The van der Waals surface area contributed by atoms with Crippen molar-refractivity contribution in [3.63, 3.8) is 0 Å². The molecule has 1 aromatic rings. The zero-order valence-electron chi connectivity index (χ0n) is 6.31. The molecule has 13 heavy (non-hydrogen) atoms. The van der Waals surface area contributed by atoms with Crippen molar-refractivity contribution in [1.29, 1.82) is 0 Å². The van der Waals surface area contributed by atoms with Crippen molar-refractivity contribution in [2.45, 2.75) is 6.18 Å². The molecule has 0 saturated heterocycles. The van der Waals surface area contributed by atoms with Gasteiger partial charge in [0.25, 0.3) is 0 Å². The van der Waals surface area contributed by atoms with Crippen LogP contribution in [0.5, 0.6) is 5.88 Å². The molecule has 0 aromatic carbocycles. The van der Waals surface area contributed by atoms with Gasteiger partial charge in [0.05, 0.1) is 0 Å². The maximum absolute atomic E-state index is 12.4. The van der Waals surface area contributed by atoms with Crippen molar-refractivity contribution in [1.82, 2.24) is 4.98 Å². The van der Waals surface area contributed by atoms with Gasteiger partial charge in [-0.1, -0.05) is 0 Å². The molecule has 2 nitrogen and oxygen atoms in total. The van der Waals surface area contributed by atoms with Crippen LogP contribution >= 0.6 is 0 Å².